The summed E-state index contributed by atoms with van der Waals surface area (Å²) in [4.78, 5) is 27.0. The maximum atomic E-state index is 13.0. The van der Waals surface area contributed by atoms with Gasteiger partial charge >= 0.3 is 0 Å². The van der Waals surface area contributed by atoms with Crippen molar-refractivity contribution in [1.29, 1.82) is 0 Å². The zero-order valence-corrected chi connectivity index (χ0v) is 21.7. The third-order valence-corrected chi connectivity index (χ3v) is 9.01. The Morgan fingerprint density at radius 2 is 1.74 bits per heavy atom. The largest absolute Gasteiger partial charge is 0.349 e. The third kappa shape index (κ3) is 5.14. The summed E-state index contributed by atoms with van der Waals surface area (Å²) in [5.74, 6) is 0.177. The van der Waals surface area contributed by atoms with Gasteiger partial charge in [-0.2, -0.15) is 0 Å². The fraction of sp³-hybridized carbons (Fsp3) is 0.481. The standard InChI is InChI=1S/C27H35N3O4S/c1-18(20-8-6-5-7-9-20)29-25(31)21-12-10-19(11-13-21)17-28-35(33,34)22-14-15-24-23(16-22)27(2,3)26(32)30(24)4/h5-9,14-16,18-19,21,28H,10-13,17H2,1-4H3,(H,29,31)/t18-,19?,21?/m0/s1. The lowest BCUT2D eigenvalue weighted by Crippen LogP contribution is -2.37. The van der Waals surface area contributed by atoms with Crippen molar-refractivity contribution in [3.8, 4) is 0 Å². The molecule has 1 aliphatic carbocycles. The van der Waals surface area contributed by atoms with E-state index >= 15 is 0 Å². The Labute approximate surface area is 208 Å². The number of carbonyl (C=O) groups excluding carboxylic acids is 2. The van der Waals surface area contributed by atoms with Crippen molar-refractivity contribution >= 4 is 27.5 Å². The van der Waals surface area contributed by atoms with Gasteiger partial charge in [-0.05, 0) is 81.7 Å². The highest BCUT2D eigenvalue weighted by atomic mass is 32.2. The number of anilines is 1. The second-order valence-electron chi connectivity index (χ2n) is 10.4. The van der Waals surface area contributed by atoms with Gasteiger partial charge in [0.15, 0.2) is 0 Å². The third-order valence-electron chi connectivity index (χ3n) is 7.59. The van der Waals surface area contributed by atoms with Crippen LogP contribution < -0.4 is 14.9 Å². The maximum absolute atomic E-state index is 13.0. The van der Waals surface area contributed by atoms with Crippen LogP contribution in [0.4, 0.5) is 5.69 Å². The number of hydrogen-bond acceptors (Lipinski definition) is 4. The number of carbonyl (C=O) groups is 2. The Morgan fingerprint density at radius 3 is 2.40 bits per heavy atom. The summed E-state index contributed by atoms with van der Waals surface area (Å²) in [6, 6.07) is 14.7. The van der Waals surface area contributed by atoms with Gasteiger partial charge in [0.05, 0.1) is 16.4 Å². The van der Waals surface area contributed by atoms with Gasteiger partial charge in [0, 0.05) is 25.2 Å². The van der Waals surface area contributed by atoms with Gasteiger partial charge in [-0.1, -0.05) is 30.3 Å². The van der Waals surface area contributed by atoms with Crippen LogP contribution in [0.15, 0.2) is 53.4 Å². The molecule has 2 aliphatic rings. The van der Waals surface area contributed by atoms with Crippen LogP contribution in [-0.2, 0) is 25.0 Å². The summed E-state index contributed by atoms with van der Waals surface area (Å²) < 4.78 is 28.8. The number of nitrogens with one attached hydrogen (secondary N) is 2. The second-order valence-corrected chi connectivity index (χ2v) is 12.1. The minimum Gasteiger partial charge on any atom is -0.349 e. The summed E-state index contributed by atoms with van der Waals surface area (Å²) in [7, 11) is -1.99. The normalized spacial score (nSPS) is 22.5. The number of fused-ring (bicyclic) bond motifs is 1. The van der Waals surface area contributed by atoms with Crippen molar-refractivity contribution in [3.05, 3.63) is 59.7 Å². The van der Waals surface area contributed by atoms with Crippen LogP contribution in [0.25, 0.3) is 0 Å². The molecule has 1 heterocycles. The van der Waals surface area contributed by atoms with Crippen LogP contribution in [0.5, 0.6) is 0 Å². The number of nitrogens with zero attached hydrogens (tertiary/aromatic N) is 1. The molecule has 2 aromatic rings. The molecular formula is C27H35N3O4S. The van der Waals surface area contributed by atoms with Crippen LogP contribution in [-0.4, -0.2) is 33.8 Å². The molecule has 0 unspecified atom stereocenters. The van der Waals surface area contributed by atoms with Crippen molar-refractivity contribution in [2.24, 2.45) is 11.8 Å². The van der Waals surface area contributed by atoms with E-state index < -0.39 is 15.4 Å². The van der Waals surface area contributed by atoms with Crippen molar-refractivity contribution in [3.63, 3.8) is 0 Å². The van der Waals surface area contributed by atoms with Crippen molar-refractivity contribution in [2.75, 3.05) is 18.5 Å². The topological polar surface area (TPSA) is 95.6 Å². The molecule has 2 N–H and O–H groups in total. The smallest absolute Gasteiger partial charge is 0.240 e. The molecule has 1 atom stereocenters. The lowest BCUT2D eigenvalue weighted by molar-refractivity contribution is -0.127. The zero-order chi connectivity index (χ0) is 25.4. The number of rotatable bonds is 7. The highest BCUT2D eigenvalue weighted by Gasteiger charge is 2.42. The number of amides is 2. The predicted molar refractivity (Wildman–Crippen MR) is 137 cm³/mol. The van der Waals surface area contributed by atoms with Crippen molar-refractivity contribution in [1.82, 2.24) is 10.0 Å². The van der Waals surface area contributed by atoms with E-state index in [-0.39, 0.29) is 34.6 Å². The molecular weight excluding hydrogens is 462 g/mol. The molecule has 2 amide bonds. The Bertz CT molecular complexity index is 1200. The first-order valence-corrected chi connectivity index (χ1v) is 13.8. The summed E-state index contributed by atoms with van der Waals surface area (Å²) in [6.07, 6.45) is 3.11. The van der Waals surface area contributed by atoms with E-state index in [0.717, 1.165) is 42.5 Å². The summed E-state index contributed by atoms with van der Waals surface area (Å²) in [6.45, 7) is 5.96. The molecule has 7 nitrogen and oxygen atoms in total. The minimum absolute atomic E-state index is 0.0394. The molecule has 0 spiro atoms. The number of sulfonamides is 1. The van der Waals surface area contributed by atoms with Crippen LogP contribution in [0.2, 0.25) is 0 Å². The Morgan fingerprint density at radius 1 is 1.09 bits per heavy atom. The molecule has 1 saturated carbocycles. The first kappa shape index (κ1) is 25.4. The summed E-state index contributed by atoms with van der Waals surface area (Å²) >= 11 is 0. The zero-order valence-electron chi connectivity index (χ0n) is 20.9. The molecule has 4 rings (SSSR count). The molecule has 1 aliphatic heterocycles. The molecule has 0 radical (unpaired) electrons. The van der Waals surface area contributed by atoms with Gasteiger partial charge in [0.1, 0.15) is 0 Å². The average Bonchev–Trinajstić information content (AvgIpc) is 3.03. The monoisotopic (exact) mass is 497 g/mol. The Kier molecular flexibility index (Phi) is 7.06. The molecule has 8 heteroatoms. The van der Waals surface area contributed by atoms with E-state index in [1.807, 2.05) is 51.1 Å². The van der Waals surface area contributed by atoms with E-state index in [9.17, 15) is 18.0 Å². The van der Waals surface area contributed by atoms with Gasteiger partial charge in [-0.25, -0.2) is 13.1 Å². The summed E-state index contributed by atoms with van der Waals surface area (Å²) in [5.41, 5.74) is 1.79. The highest BCUT2D eigenvalue weighted by Crippen LogP contribution is 2.41. The Hall–Kier alpha value is -2.71. The molecule has 0 saturated heterocycles. The maximum Gasteiger partial charge on any atom is 0.240 e. The first-order valence-electron chi connectivity index (χ1n) is 12.3. The molecule has 35 heavy (non-hydrogen) atoms. The lowest BCUT2D eigenvalue weighted by atomic mass is 9.81. The van der Waals surface area contributed by atoms with Gasteiger partial charge in [-0.3, -0.25) is 9.59 Å². The average molecular weight is 498 g/mol. The number of likely N-dealkylation sites (N-methyl/N-ethyl adjacent to an activating group) is 1. The van der Waals surface area contributed by atoms with E-state index in [2.05, 4.69) is 10.0 Å². The molecule has 0 aromatic heterocycles. The SMILES string of the molecule is C[C@H](NC(=O)C1CCC(CNS(=O)(=O)c2ccc3c(c2)C(C)(C)C(=O)N3C)CC1)c1ccccc1. The second kappa shape index (κ2) is 9.74. The van der Waals surface area contributed by atoms with E-state index in [1.54, 1.807) is 30.1 Å². The van der Waals surface area contributed by atoms with Crippen LogP contribution in [0, 0.1) is 11.8 Å². The Balaban J connectivity index is 1.31. The molecule has 1 fully saturated rings. The molecule has 2 aromatic carbocycles. The van der Waals surface area contributed by atoms with E-state index in [0.29, 0.717) is 6.54 Å². The first-order chi connectivity index (χ1) is 16.5. The predicted octanol–water partition coefficient (Wildman–Crippen LogP) is 3.90. The van der Waals surface area contributed by atoms with E-state index in [1.165, 1.54) is 0 Å². The fourth-order valence-electron chi connectivity index (χ4n) is 5.22. The quantitative estimate of drug-likeness (QED) is 0.606. The van der Waals surface area contributed by atoms with Gasteiger partial charge in [0.25, 0.3) is 0 Å². The molecule has 0 bridgehead atoms. The van der Waals surface area contributed by atoms with E-state index in [4.69, 9.17) is 0 Å². The van der Waals surface area contributed by atoms with Gasteiger partial charge in [0.2, 0.25) is 21.8 Å². The number of hydrogen-bond donors (Lipinski definition) is 2. The highest BCUT2D eigenvalue weighted by molar-refractivity contribution is 7.89. The number of benzene rings is 2. The summed E-state index contributed by atoms with van der Waals surface area (Å²) in [5, 5.41) is 3.11. The van der Waals surface area contributed by atoms with Gasteiger partial charge < -0.3 is 10.2 Å². The van der Waals surface area contributed by atoms with Gasteiger partial charge in [-0.15, -0.1) is 0 Å². The van der Waals surface area contributed by atoms with Crippen molar-refractivity contribution < 1.29 is 18.0 Å². The van der Waals surface area contributed by atoms with Crippen LogP contribution >= 0.6 is 0 Å². The van der Waals surface area contributed by atoms with Crippen molar-refractivity contribution in [2.45, 2.75) is 62.8 Å². The fourth-order valence-corrected chi connectivity index (χ4v) is 6.36. The minimum atomic E-state index is -3.70. The van der Waals surface area contributed by atoms with Crippen LogP contribution in [0.3, 0.4) is 0 Å². The van der Waals surface area contributed by atoms with Crippen LogP contribution in [0.1, 0.15) is 63.6 Å². The lowest BCUT2D eigenvalue weighted by Gasteiger charge is -2.29. The molecule has 188 valence electrons.